The van der Waals surface area contributed by atoms with Gasteiger partial charge >= 0.3 is 5.69 Å². The third-order valence-electron chi connectivity index (χ3n) is 2.33. The van der Waals surface area contributed by atoms with Crippen LogP contribution in [-0.2, 0) is 6.54 Å². The lowest BCUT2D eigenvalue weighted by atomic mass is 10.1. The minimum absolute atomic E-state index is 0.0555. The number of hydrogen-bond donors (Lipinski definition) is 2. The number of nitrogens with one attached hydrogen (secondary N) is 1. The van der Waals surface area contributed by atoms with Crippen molar-refractivity contribution in [3.8, 4) is 5.75 Å². The summed E-state index contributed by atoms with van der Waals surface area (Å²) in [6.07, 6.45) is 0. The van der Waals surface area contributed by atoms with Gasteiger partial charge in [0.2, 0.25) is 0 Å². The molecule has 1 aromatic carbocycles. The van der Waals surface area contributed by atoms with Gasteiger partial charge in [-0.05, 0) is 25.5 Å². The number of nitro groups is 1. The molecule has 0 spiro atoms. The maximum atomic E-state index is 10.8. The van der Waals surface area contributed by atoms with Crippen LogP contribution in [0.5, 0.6) is 5.75 Å². The summed E-state index contributed by atoms with van der Waals surface area (Å²) < 4.78 is 4.92. The molecule has 0 aromatic heterocycles. The Hall–Kier alpha value is -1.66. The Kier molecular flexibility index (Phi) is 4.63. The molecule has 0 saturated carbocycles. The van der Waals surface area contributed by atoms with Crippen LogP contribution in [0.1, 0.15) is 19.4 Å². The highest BCUT2D eigenvalue weighted by Gasteiger charge is 2.16. The van der Waals surface area contributed by atoms with E-state index in [0.717, 1.165) is 5.56 Å². The molecule has 0 atom stereocenters. The van der Waals surface area contributed by atoms with Gasteiger partial charge in [0.1, 0.15) is 0 Å². The topological polar surface area (TPSA) is 84.6 Å². The summed E-state index contributed by atoms with van der Waals surface area (Å²) in [4.78, 5) is 10.4. The number of methoxy groups -OCH3 is 1. The molecule has 100 valence electrons. The van der Waals surface area contributed by atoms with Crippen LogP contribution >= 0.6 is 0 Å². The molecule has 0 amide bonds. The molecule has 0 heterocycles. The van der Waals surface area contributed by atoms with Gasteiger partial charge in [-0.15, -0.1) is 0 Å². The second kappa shape index (κ2) is 5.79. The van der Waals surface area contributed by atoms with Gasteiger partial charge in [0.15, 0.2) is 5.75 Å². The van der Waals surface area contributed by atoms with Crippen molar-refractivity contribution in [3.63, 3.8) is 0 Å². The van der Waals surface area contributed by atoms with E-state index < -0.39 is 10.5 Å². The molecule has 0 aliphatic rings. The quantitative estimate of drug-likeness (QED) is 0.593. The molecule has 0 saturated heterocycles. The second-order valence-electron chi connectivity index (χ2n) is 4.68. The predicted octanol–water partition coefficient (Wildman–Crippen LogP) is 1.46. The van der Waals surface area contributed by atoms with Gasteiger partial charge in [-0.3, -0.25) is 10.1 Å². The van der Waals surface area contributed by atoms with E-state index in [0.29, 0.717) is 13.1 Å². The first kappa shape index (κ1) is 14.4. The predicted molar refractivity (Wildman–Crippen MR) is 67.7 cm³/mol. The summed E-state index contributed by atoms with van der Waals surface area (Å²) in [6.45, 7) is 4.24. The van der Waals surface area contributed by atoms with E-state index in [1.807, 2.05) is 0 Å². The first-order valence-electron chi connectivity index (χ1n) is 5.58. The standard InChI is InChI=1S/C12H18N2O4/c1-12(2,15)8-13-7-9-4-5-11(18-3)10(6-9)14(16)17/h4-6,13,15H,7-8H2,1-3H3. The molecule has 6 heteroatoms. The zero-order valence-electron chi connectivity index (χ0n) is 10.8. The molecule has 0 fully saturated rings. The van der Waals surface area contributed by atoms with E-state index >= 15 is 0 Å². The molecule has 6 nitrogen and oxygen atoms in total. The maximum Gasteiger partial charge on any atom is 0.311 e. The molecule has 1 aromatic rings. The summed E-state index contributed by atoms with van der Waals surface area (Å²) >= 11 is 0. The van der Waals surface area contributed by atoms with Crippen molar-refractivity contribution in [1.82, 2.24) is 5.32 Å². The van der Waals surface area contributed by atoms with Gasteiger partial charge < -0.3 is 15.2 Å². The smallest absolute Gasteiger partial charge is 0.311 e. The number of ether oxygens (including phenoxy) is 1. The number of rotatable bonds is 6. The minimum Gasteiger partial charge on any atom is -0.490 e. The van der Waals surface area contributed by atoms with E-state index in [1.54, 1.807) is 26.0 Å². The Morgan fingerprint density at radius 3 is 2.67 bits per heavy atom. The summed E-state index contributed by atoms with van der Waals surface area (Å²) in [7, 11) is 1.40. The molecule has 0 bridgehead atoms. The molecule has 0 unspecified atom stereocenters. The fourth-order valence-corrected chi connectivity index (χ4v) is 1.50. The summed E-state index contributed by atoms with van der Waals surface area (Å²) in [5, 5.41) is 23.4. The second-order valence-corrected chi connectivity index (χ2v) is 4.68. The van der Waals surface area contributed by atoms with Crippen LogP contribution < -0.4 is 10.1 Å². The highest BCUT2D eigenvalue weighted by Crippen LogP contribution is 2.27. The van der Waals surface area contributed by atoms with E-state index in [4.69, 9.17) is 4.74 Å². The monoisotopic (exact) mass is 254 g/mol. The van der Waals surface area contributed by atoms with Crippen molar-refractivity contribution in [3.05, 3.63) is 33.9 Å². The van der Waals surface area contributed by atoms with Crippen molar-refractivity contribution in [2.24, 2.45) is 0 Å². The molecule has 2 N–H and O–H groups in total. The fourth-order valence-electron chi connectivity index (χ4n) is 1.50. The number of aliphatic hydroxyl groups is 1. The molecule has 0 aliphatic carbocycles. The van der Waals surface area contributed by atoms with Gasteiger partial charge in [0.05, 0.1) is 17.6 Å². The van der Waals surface area contributed by atoms with Crippen LogP contribution in [0.2, 0.25) is 0 Å². The van der Waals surface area contributed by atoms with Crippen molar-refractivity contribution in [1.29, 1.82) is 0 Å². The van der Waals surface area contributed by atoms with E-state index in [1.165, 1.54) is 13.2 Å². The third-order valence-corrected chi connectivity index (χ3v) is 2.33. The molecule has 0 aliphatic heterocycles. The largest absolute Gasteiger partial charge is 0.490 e. The molecule has 18 heavy (non-hydrogen) atoms. The van der Waals surface area contributed by atoms with Crippen molar-refractivity contribution >= 4 is 5.69 Å². The lowest BCUT2D eigenvalue weighted by molar-refractivity contribution is -0.385. The first-order valence-corrected chi connectivity index (χ1v) is 5.58. The Balaban J connectivity index is 2.73. The zero-order chi connectivity index (χ0) is 13.8. The van der Waals surface area contributed by atoms with Gasteiger partial charge in [0.25, 0.3) is 0 Å². The minimum atomic E-state index is -0.807. The molecule has 1 rings (SSSR count). The lowest BCUT2D eigenvalue weighted by Crippen LogP contribution is -2.34. The van der Waals surface area contributed by atoms with Gasteiger partial charge in [-0.25, -0.2) is 0 Å². The van der Waals surface area contributed by atoms with E-state index in [-0.39, 0.29) is 11.4 Å². The number of benzene rings is 1. The summed E-state index contributed by atoms with van der Waals surface area (Å²) in [6, 6.07) is 4.79. The average Bonchev–Trinajstić information content (AvgIpc) is 2.27. The zero-order valence-corrected chi connectivity index (χ0v) is 10.8. The molecule has 0 radical (unpaired) electrons. The van der Waals surface area contributed by atoms with Gasteiger partial charge in [-0.1, -0.05) is 6.07 Å². The van der Waals surface area contributed by atoms with Crippen LogP contribution in [0.25, 0.3) is 0 Å². The Labute approximate surface area is 106 Å². The summed E-state index contributed by atoms with van der Waals surface area (Å²) in [5.74, 6) is 0.242. The van der Waals surface area contributed by atoms with Crippen LogP contribution in [0.4, 0.5) is 5.69 Å². The average molecular weight is 254 g/mol. The highest BCUT2D eigenvalue weighted by molar-refractivity contribution is 5.48. The number of nitro benzene ring substituents is 1. The molecular formula is C12H18N2O4. The fraction of sp³-hybridized carbons (Fsp3) is 0.500. The number of nitrogens with zero attached hydrogens (tertiary/aromatic N) is 1. The van der Waals surface area contributed by atoms with E-state index in [2.05, 4.69) is 5.32 Å². The molecular weight excluding hydrogens is 236 g/mol. The van der Waals surface area contributed by atoms with E-state index in [9.17, 15) is 15.2 Å². The maximum absolute atomic E-state index is 10.8. The summed E-state index contributed by atoms with van der Waals surface area (Å²) in [5.41, 5.74) is -0.0925. The Morgan fingerprint density at radius 2 is 2.17 bits per heavy atom. The Morgan fingerprint density at radius 1 is 1.50 bits per heavy atom. The van der Waals surface area contributed by atoms with Gasteiger partial charge in [-0.2, -0.15) is 0 Å². The number of hydrogen-bond acceptors (Lipinski definition) is 5. The lowest BCUT2D eigenvalue weighted by Gasteiger charge is -2.17. The van der Waals surface area contributed by atoms with Gasteiger partial charge in [0, 0.05) is 19.2 Å². The van der Waals surface area contributed by atoms with Crippen LogP contribution in [0.15, 0.2) is 18.2 Å². The van der Waals surface area contributed by atoms with Crippen molar-refractivity contribution < 1.29 is 14.8 Å². The van der Waals surface area contributed by atoms with Crippen molar-refractivity contribution in [2.75, 3.05) is 13.7 Å². The first-order chi connectivity index (χ1) is 8.33. The van der Waals surface area contributed by atoms with Crippen LogP contribution in [0.3, 0.4) is 0 Å². The van der Waals surface area contributed by atoms with Crippen molar-refractivity contribution in [2.45, 2.75) is 26.0 Å². The third kappa shape index (κ3) is 4.31. The van der Waals surface area contributed by atoms with Crippen LogP contribution in [-0.4, -0.2) is 29.3 Å². The Bertz CT molecular complexity index is 427. The SMILES string of the molecule is COc1ccc(CNCC(C)(C)O)cc1[N+](=O)[O-]. The normalized spacial score (nSPS) is 11.3. The highest BCUT2D eigenvalue weighted by atomic mass is 16.6. The van der Waals surface area contributed by atoms with Crippen LogP contribution in [0, 0.1) is 10.1 Å².